The van der Waals surface area contributed by atoms with E-state index in [9.17, 15) is 0 Å². The number of rotatable bonds is 5. The maximum Gasteiger partial charge on any atom is 0.140 e. The third kappa shape index (κ3) is 3.51. The molecule has 0 aliphatic rings. The minimum atomic E-state index is 0.187. The van der Waals surface area contributed by atoms with Gasteiger partial charge in [0, 0.05) is 18.7 Å². The van der Waals surface area contributed by atoms with Gasteiger partial charge in [-0.1, -0.05) is 16.8 Å². The van der Waals surface area contributed by atoms with Gasteiger partial charge in [0.05, 0.1) is 12.1 Å². The highest BCUT2D eigenvalue weighted by Gasteiger charge is 2.01. The highest BCUT2D eigenvalue weighted by atomic mass is 35.5. The molecule has 0 unspecified atom stereocenters. The van der Waals surface area contributed by atoms with Crippen molar-refractivity contribution in [2.45, 2.75) is 6.42 Å². The molecule has 4 N–H and O–H groups in total. The van der Waals surface area contributed by atoms with Gasteiger partial charge in [-0.3, -0.25) is 0 Å². The monoisotopic (exact) mass is 243 g/mol. The molecule has 0 bridgehead atoms. The molecule has 1 aromatic carbocycles. The number of benzene rings is 1. The Balaban J connectivity index is 2.52. The van der Waals surface area contributed by atoms with Crippen LogP contribution in [0.3, 0.4) is 0 Å². The zero-order valence-electron chi connectivity index (χ0n) is 8.90. The summed E-state index contributed by atoms with van der Waals surface area (Å²) in [7, 11) is 1.56. The summed E-state index contributed by atoms with van der Waals surface area (Å²) in [4.78, 5) is 0. The molecule has 1 aromatic rings. The van der Waals surface area contributed by atoms with Crippen molar-refractivity contribution in [3.05, 3.63) is 23.2 Å². The molecule has 5 nitrogen and oxygen atoms in total. The van der Waals surface area contributed by atoms with Crippen LogP contribution in [-0.2, 0) is 0 Å². The van der Waals surface area contributed by atoms with Gasteiger partial charge in [-0.2, -0.15) is 0 Å². The van der Waals surface area contributed by atoms with Gasteiger partial charge in [0.2, 0.25) is 0 Å². The minimum absolute atomic E-state index is 0.187. The van der Waals surface area contributed by atoms with Crippen molar-refractivity contribution in [2.24, 2.45) is 10.9 Å². The zero-order chi connectivity index (χ0) is 12.0. The van der Waals surface area contributed by atoms with E-state index >= 15 is 0 Å². The molecule has 88 valence electrons. The van der Waals surface area contributed by atoms with Gasteiger partial charge >= 0.3 is 0 Å². The number of nitrogens with two attached hydrogens (primary N) is 1. The van der Waals surface area contributed by atoms with E-state index in [1.54, 1.807) is 19.2 Å². The number of oxime groups is 1. The average molecular weight is 244 g/mol. The van der Waals surface area contributed by atoms with Crippen LogP contribution < -0.4 is 15.8 Å². The molecule has 0 spiro atoms. The Hall–Kier alpha value is -1.62. The number of hydrogen-bond donors (Lipinski definition) is 3. The SMILES string of the molecule is COc1ccc(NCCC(N)=NO)cc1Cl. The summed E-state index contributed by atoms with van der Waals surface area (Å²) in [6.07, 6.45) is 0.458. The summed E-state index contributed by atoms with van der Waals surface area (Å²) in [5.41, 5.74) is 6.18. The fraction of sp³-hybridized carbons (Fsp3) is 0.300. The topological polar surface area (TPSA) is 79.9 Å². The third-order valence-corrected chi connectivity index (χ3v) is 2.29. The van der Waals surface area contributed by atoms with Crippen LogP contribution in [0.2, 0.25) is 5.02 Å². The molecule has 16 heavy (non-hydrogen) atoms. The Bertz CT molecular complexity index is 382. The molecule has 0 fully saturated rings. The van der Waals surface area contributed by atoms with Gasteiger partial charge in [-0.25, -0.2) is 0 Å². The van der Waals surface area contributed by atoms with Gasteiger partial charge in [0.25, 0.3) is 0 Å². The van der Waals surface area contributed by atoms with Gasteiger partial charge in [-0.05, 0) is 18.2 Å². The Kier molecular flexibility index (Phi) is 4.72. The van der Waals surface area contributed by atoms with Crippen LogP contribution in [0.4, 0.5) is 5.69 Å². The number of methoxy groups -OCH3 is 1. The lowest BCUT2D eigenvalue weighted by Gasteiger charge is -2.08. The molecule has 0 radical (unpaired) electrons. The summed E-state index contributed by atoms with van der Waals surface area (Å²) in [6, 6.07) is 5.37. The first-order chi connectivity index (χ1) is 7.67. The van der Waals surface area contributed by atoms with Crippen molar-refractivity contribution < 1.29 is 9.94 Å². The summed E-state index contributed by atoms with van der Waals surface area (Å²) in [6.45, 7) is 0.568. The standard InChI is InChI=1S/C10H14ClN3O2/c1-16-9-3-2-7(6-8(9)11)13-5-4-10(12)14-15/h2-3,6,13,15H,4-5H2,1H3,(H2,12,14). The van der Waals surface area contributed by atoms with E-state index in [0.717, 1.165) is 5.69 Å². The molecule has 0 heterocycles. The van der Waals surface area contributed by atoms with Crippen molar-refractivity contribution in [1.82, 2.24) is 0 Å². The summed E-state index contributed by atoms with van der Waals surface area (Å²) in [5.74, 6) is 0.816. The normalized spacial score (nSPS) is 11.2. The van der Waals surface area contributed by atoms with Crippen LogP contribution in [0, 0.1) is 0 Å². The number of amidine groups is 1. The molecule has 0 saturated heterocycles. The highest BCUT2D eigenvalue weighted by Crippen LogP contribution is 2.26. The molecule has 0 saturated carbocycles. The molecule has 0 aromatic heterocycles. The van der Waals surface area contributed by atoms with Crippen LogP contribution in [0.15, 0.2) is 23.4 Å². The van der Waals surface area contributed by atoms with Crippen LogP contribution in [0.25, 0.3) is 0 Å². The third-order valence-electron chi connectivity index (χ3n) is 1.99. The quantitative estimate of drug-likeness (QED) is 0.319. The smallest absolute Gasteiger partial charge is 0.140 e. The lowest BCUT2D eigenvalue weighted by atomic mass is 10.3. The fourth-order valence-electron chi connectivity index (χ4n) is 1.16. The first-order valence-corrected chi connectivity index (χ1v) is 5.09. The van der Waals surface area contributed by atoms with Gasteiger partial charge in [0.15, 0.2) is 0 Å². The summed E-state index contributed by atoms with van der Waals surface area (Å²) < 4.78 is 5.03. The molecule has 6 heteroatoms. The number of anilines is 1. The second-order valence-electron chi connectivity index (χ2n) is 3.12. The van der Waals surface area contributed by atoms with E-state index in [1.807, 2.05) is 6.07 Å². The van der Waals surface area contributed by atoms with Crippen molar-refractivity contribution in [1.29, 1.82) is 0 Å². The molecule has 0 atom stereocenters. The summed E-state index contributed by atoms with van der Waals surface area (Å²) in [5, 5.41) is 14.8. The fourth-order valence-corrected chi connectivity index (χ4v) is 1.42. The molecule has 1 rings (SSSR count). The number of hydrogen-bond acceptors (Lipinski definition) is 4. The number of nitrogens with one attached hydrogen (secondary N) is 1. The van der Waals surface area contributed by atoms with Gasteiger partial charge < -0.3 is 21.0 Å². The van der Waals surface area contributed by atoms with Crippen LogP contribution >= 0.6 is 11.6 Å². The Morgan fingerprint density at radius 2 is 2.38 bits per heavy atom. The van der Waals surface area contributed by atoms with Crippen molar-refractivity contribution in [3.63, 3.8) is 0 Å². The van der Waals surface area contributed by atoms with E-state index < -0.39 is 0 Å². The first-order valence-electron chi connectivity index (χ1n) is 4.71. The summed E-state index contributed by atoms with van der Waals surface area (Å²) >= 11 is 5.94. The number of halogens is 1. The number of nitrogens with zero attached hydrogens (tertiary/aromatic N) is 1. The maximum atomic E-state index is 8.34. The van der Waals surface area contributed by atoms with Crippen LogP contribution in [-0.4, -0.2) is 24.7 Å². The lowest BCUT2D eigenvalue weighted by molar-refractivity contribution is 0.317. The van der Waals surface area contributed by atoms with Crippen LogP contribution in [0.5, 0.6) is 5.75 Å². The lowest BCUT2D eigenvalue weighted by Crippen LogP contribution is -2.16. The molecule has 0 aliphatic carbocycles. The predicted octanol–water partition coefficient (Wildman–Crippen LogP) is 1.90. The Labute approximate surface area is 98.8 Å². The van der Waals surface area contributed by atoms with Crippen molar-refractivity contribution in [2.75, 3.05) is 19.0 Å². The molecule has 0 aliphatic heterocycles. The van der Waals surface area contributed by atoms with E-state index in [0.29, 0.717) is 23.7 Å². The van der Waals surface area contributed by atoms with E-state index in [2.05, 4.69) is 10.5 Å². The second-order valence-corrected chi connectivity index (χ2v) is 3.52. The van der Waals surface area contributed by atoms with E-state index in [-0.39, 0.29) is 5.84 Å². The van der Waals surface area contributed by atoms with Gasteiger partial charge in [-0.15, -0.1) is 0 Å². The molecular formula is C10H14ClN3O2. The largest absolute Gasteiger partial charge is 0.495 e. The average Bonchev–Trinajstić information content (AvgIpc) is 2.29. The minimum Gasteiger partial charge on any atom is -0.495 e. The zero-order valence-corrected chi connectivity index (χ0v) is 9.66. The predicted molar refractivity (Wildman–Crippen MR) is 64.5 cm³/mol. The molecular weight excluding hydrogens is 230 g/mol. The Morgan fingerprint density at radius 1 is 1.62 bits per heavy atom. The molecule has 0 amide bonds. The highest BCUT2D eigenvalue weighted by molar-refractivity contribution is 6.32. The first kappa shape index (κ1) is 12.4. The number of ether oxygens (including phenoxy) is 1. The Morgan fingerprint density at radius 3 is 2.94 bits per heavy atom. The van der Waals surface area contributed by atoms with Crippen molar-refractivity contribution >= 4 is 23.1 Å². The van der Waals surface area contributed by atoms with Crippen molar-refractivity contribution in [3.8, 4) is 5.75 Å². The second kappa shape index (κ2) is 6.07. The van der Waals surface area contributed by atoms with E-state index in [4.69, 9.17) is 27.3 Å². The van der Waals surface area contributed by atoms with E-state index in [1.165, 1.54) is 0 Å². The maximum absolute atomic E-state index is 8.34. The van der Waals surface area contributed by atoms with Crippen LogP contribution in [0.1, 0.15) is 6.42 Å². The van der Waals surface area contributed by atoms with Gasteiger partial charge in [0.1, 0.15) is 11.6 Å².